The second kappa shape index (κ2) is 8.40. The maximum atomic E-state index is 12.7. The minimum atomic E-state index is -0.191. The number of benzene rings is 1. The maximum absolute atomic E-state index is 12.7. The van der Waals surface area contributed by atoms with Gasteiger partial charge in [0.25, 0.3) is 11.5 Å². The van der Waals surface area contributed by atoms with Gasteiger partial charge in [-0.3, -0.25) is 14.2 Å². The van der Waals surface area contributed by atoms with Crippen LogP contribution in [0.3, 0.4) is 0 Å². The van der Waals surface area contributed by atoms with Crippen molar-refractivity contribution in [1.29, 1.82) is 0 Å². The van der Waals surface area contributed by atoms with Gasteiger partial charge in [-0.05, 0) is 36.4 Å². The van der Waals surface area contributed by atoms with Crippen LogP contribution >= 0.6 is 0 Å². The summed E-state index contributed by atoms with van der Waals surface area (Å²) in [5, 5.41) is 0. The van der Waals surface area contributed by atoms with Crippen molar-refractivity contribution in [1.82, 2.24) is 19.4 Å². The van der Waals surface area contributed by atoms with Crippen LogP contribution in [0.1, 0.15) is 0 Å². The van der Waals surface area contributed by atoms with Crippen molar-refractivity contribution in [3.8, 4) is 11.5 Å². The average molecular weight is 409 g/mol. The molecule has 3 aromatic rings. The third kappa shape index (κ3) is 3.91. The Kier molecular flexibility index (Phi) is 5.51. The number of fused-ring (bicyclic) bond motifs is 1. The van der Waals surface area contributed by atoms with E-state index in [1.807, 2.05) is 11.0 Å². The third-order valence-corrected chi connectivity index (χ3v) is 5.16. The van der Waals surface area contributed by atoms with Gasteiger partial charge in [0.2, 0.25) is 0 Å². The van der Waals surface area contributed by atoms with Crippen LogP contribution in [-0.2, 0) is 11.8 Å². The van der Waals surface area contributed by atoms with E-state index in [0.717, 1.165) is 5.75 Å². The van der Waals surface area contributed by atoms with Gasteiger partial charge in [-0.2, -0.15) is 0 Å². The summed E-state index contributed by atoms with van der Waals surface area (Å²) in [5.74, 6) is 1.64. The minimum absolute atomic E-state index is 0.0337. The summed E-state index contributed by atoms with van der Waals surface area (Å²) in [4.78, 5) is 37.6. The van der Waals surface area contributed by atoms with Crippen molar-refractivity contribution in [2.75, 3.05) is 44.8 Å². The molecule has 0 radical (unpaired) electrons. The van der Waals surface area contributed by atoms with Crippen LogP contribution in [0.4, 0.5) is 5.82 Å². The van der Waals surface area contributed by atoms with Gasteiger partial charge in [0.1, 0.15) is 17.0 Å². The molecule has 3 heterocycles. The first-order valence-corrected chi connectivity index (χ1v) is 9.68. The van der Waals surface area contributed by atoms with Crippen LogP contribution in [0.15, 0.2) is 47.4 Å². The summed E-state index contributed by atoms with van der Waals surface area (Å²) >= 11 is 0. The van der Waals surface area contributed by atoms with E-state index in [1.165, 1.54) is 4.57 Å². The van der Waals surface area contributed by atoms with Crippen molar-refractivity contribution in [2.45, 2.75) is 0 Å². The number of hydrogen-bond donors (Lipinski definition) is 0. The molecular weight excluding hydrogens is 386 g/mol. The van der Waals surface area contributed by atoms with Gasteiger partial charge in [0.15, 0.2) is 18.1 Å². The van der Waals surface area contributed by atoms with Gasteiger partial charge in [-0.25, -0.2) is 9.97 Å². The van der Waals surface area contributed by atoms with E-state index in [-0.39, 0.29) is 18.1 Å². The van der Waals surface area contributed by atoms with Crippen molar-refractivity contribution in [2.24, 2.45) is 7.05 Å². The van der Waals surface area contributed by atoms with Gasteiger partial charge in [-0.1, -0.05) is 0 Å². The molecule has 0 spiro atoms. The lowest BCUT2D eigenvalue weighted by Crippen LogP contribution is -2.51. The zero-order chi connectivity index (χ0) is 21.1. The van der Waals surface area contributed by atoms with Crippen LogP contribution in [0.25, 0.3) is 11.2 Å². The molecule has 1 fully saturated rings. The molecule has 0 atom stereocenters. The number of nitrogens with zero attached hydrogens (tertiary/aromatic N) is 5. The summed E-state index contributed by atoms with van der Waals surface area (Å²) in [5.41, 5.74) is 1.03. The molecule has 0 unspecified atom stereocenters. The predicted molar refractivity (Wildman–Crippen MR) is 112 cm³/mol. The van der Waals surface area contributed by atoms with Gasteiger partial charge < -0.3 is 19.3 Å². The molecule has 30 heavy (non-hydrogen) atoms. The number of rotatable bonds is 5. The Labute approximate surface area is 173 Å². The standard InChI is InChI=1S/C21H23N5O4/c1-24-19-17(4-3-9-22-19)23-20(21(24)28)26-12-10-25(11-13-26)18(27)14-30-16-7-5-15(29-2)6-8-16/h3-9H,10-14H2,1-2H3. The molecule has 1 amide bonds. The lowest BCUT2D eigenvalue weighted by Gasteiger charge is -2.35. The second-order valence-corrected chi connectivity index (χ2v) is 6.98. The fourth-order valence-corrected chi connectivity index (χ4v) is 3.42. The van der Waals surface area contributed by atoms with E-state index >= 15 is 0 Å². The van der Waals surface area contributed by atoms with Crippen molar-refractivity contribution in [3.05, 3.63) is 52.9 Å². The molecule has 9 nitrogen and oxygen atoms in total. The summed E-state index contributed by atoms with van der Waals surface area (Å²) in [6, 6.07) is 10.7. The molecule has 0 aliphatic carbocycles. The molecule has 0 saturated carbocycles. The molecule has 1 saturated heterocycles. The summed E-state index contributed by atoms with van der Waals surface area (Å²) in [6.07, 6.45) is 1.64. The first kappa shape index (κ1) is 19.7. The number of amides is 1. The summed E-state index contributed by atoms with van der Waals surface area (Å²) in [7, 11) is 3.29. The smallest absolute Gasteiger partial charge is 0.294 e. The van der Waals surface area contributed by atoms with Crippen molar-refractivity contribution < 1.29 is 14.3 Å². The van der Waals surface area contributed by atoms with E-state index in [0.29, 0.717) is 48.9 Å². The number of hydrogen-bond acceptors (Lipinski definition) is 7. The highest BCUT2D eigenvalue weighted by Crippen LogP contribution is 2.17. The first-order chi connectivity index (χ1) is 14.6. The minimum Gasteiger partial charge on any atom is -0.497 e. The van der Waals surface area contributed by atoms with Gasteiger partial charge in [0.05, 0.1) is 7.11 Å². The Hall–Kier alpha value is -3.62. The van der Waals surface area contributed by atoms with Crippen LogP contribution in [0.5, 0.6) is 11.5 Å². The number of piperazine rings is 1. The monoisotopic (exact) mass is 409 g/mol. The highest BCUT2D eigenvalue weighted by atomic mass is 16.5. The Balaban J connectivity index is 1.37. The van der Waals surface area contributed by atoms with E-state index < -0.39 is 0 Å². The highest BCUT2D eigenvalue weighted by molar-refractivity contribution is 5.78. The molecule has 2 aromatic heterocycles. The highest BCUT2D eigenvalue weighted by Gasteiger charge is 2.24. The van der Waals surface area contributed by atoms with Crippen LogP contribution in [0, 0.1) is 0 Å². The van der Waals surface area contributed by atoms with Gasteiger partial charge in [-0.15, -0.1) is 0 Å². The third-order valence-electron chi connectivity index (χ3n) is 5.16. The molecule has 156 valence electrons. The summed E-state index contributed by atoms with van der Waals surface area (Å²) < 4.78 is 12.2. The molecule has 4 rings (SSSR count). The van der Waals surface area contributed by atoms with E-state index in [1.54, 1.807) is 55.6 Å². The number of aryl methyl sites for hydroxylation is 1. The first-order valence-electron chi connectivity index (χ1n) is 9.68. The molecule has 0 N–H and O–H groups in total. The van der Waals surface area contributed by atoms with Crippen molar-refractivity contribution >= 4 is 22.9 Å². The second-order valence-electron chi connectivity index (χ2n) is 6.98. The average Bonchev–Trinajstić information content (AvgIpc) is 2.80. The normalized spacial score (nSPS) is 14.1. The van der Waals surface area contributed by atoms with E-state index in [4.69, 9.17) is 9.47 Å². The van der Waals surface area contributed by atoms with Crippen LogP contribution in [0.2, 0.25) is 0 Å². The van der Waals surface area contributed by atoms with E-state index in [2.05, 4.69) is 9.97 Å². The Morgan fingerprint density at radius 2 is 1.77 bits per heavy atom. The number of pyridine rings is 1. The number of ether oxygens (including phenoxy) is 2. The predicted octanol–water partition coefficient (Wildman–Crippen LogP) is 1.06. The molecular formula is C21H23N5O4. The van der Waals surface area contributed by atoms with Crippen molar-refractivity contribution in [3.63, 3.8) is 0 Å². The largest absolute Gasteiger partial charge is 0.497 e. The zero-order valence-corrected chi connectivity index (χ0v) is 16.9. The van der Waals surface area contributed by atoms with Gasteiger partial charge >= 0.3 is 0 Å². The van der Waals surface area contributed by atoms with Crippen LogP contribution in [-0.4, -0.2) is 65.2 Å². The number of anilines is 1. The molecule has 1 aromatic carbocycles. The molecule has 0 bridgehead atoms. The fourth-order valence-electron chi connectivity index (χ4n) is 3.42. The quantitative estimate of drug-likeness (QED) is 0.623. The lowest BCUT2D eigenvalue weighted by molar-refractivity contribution is -0.133. The Morgan fingerprint density at radius 3 is 2.47 bits per heavy atom. The number of methoxy groups -OCH3 is 1. The Morgan fingerprint density at radius 1 is 1.07 bits per heavy atom. The number of carbonyl (C=O) groups excluding carboxylic acids is 1. The SMILES string of the molecule is COc1ccc(OCC(=O)N2CCN(c3nc4cccnc4n(C)c3=O)CC2)cc1. The molecule has 1 aliphatic rings. The zero-order valence-electron chi connectivity index (χ0n) is 16.9. The molecule has 9 heteroatoms. The Bertz CT molecular complexity index is 1100. The molecule has 1 aliphatic heterocycles. The lowest BCUT2D eigenvalue weighted by atomic mass is 10.3. The maximum Gasteiger partial charge on any atom is 0.294 e. The van der Waals surface area contributed by atoms with E-state index in [9.17, 15) is 9.59 Å². The van der Waals surface area contributed by atoms with Gasteiger partial charge in [0, 0.05) is 39.4 Å². The van der Waals surface area contributed by atoms with Crippen LogP contribution < -0.4 is 19.9 Å². The summed E-state index contributed by atoms with van der Waals surface area (Å²) in [6.45, 7) is 2.03. The topological polar surface area (TPSA) is 89.8 Å². The fraction of sp³-hybridized carbons (Fsp3) is 0.333. The number of carbonyl (C=O) groups is 1. The number of aromatic nitrogens is 3.